The van der Waals surface area contributed by atoms with E-state index in [1.54, 1.807) is 28.9 Å². The molecule has 9 heteroatoms. The number of rotatable bonds is 6. The highest BCUT2D eigenvalue weighted by atomic mass is 16.6. The summed E-state index contributed by atoms with van der Waals surface area (Å²) < 4.78 is 3.20. The van der Waals surface area contributed by atoms with Crippen LogP contribution in [0, 0.1) is 17.0 Å². The molecule has 1 N–H and O–H groups in total. The van der Waals surface area contributed by atoms with Crippen LogP contribution >= 0.6 is 0 Å². The van der Waals surface area contributed by atoms with Gasteiger partial charge in [-0.1, -0.05) is 12.1 Å². The second-order valence-electron chi connectivity index (χ2n) is 5.95. The minimum Gasteiger partial charge on any atom is -0.348 e. The highest BCUT2D eigenvalue weighted by Gasteiger charge is 2.10. The Kier molecular flexibility index (Phi) is 4.78. The van der Waals surface area contributed by atoms with Gasteiger partial charge in [-0.3, -0.25) is 24.3 Å². The monoisotopic (exact) mass is 354 g/mol. The number of aromatic nitrogens is 4. The molecule has 2 heterocycles. The lowest BCUT2D eigenvalue weighted by atomic mass is 10.1. The zero-order chi connectivity index (χ0) is 18.7. The highest BCUT2D eigenvalue weighted by Crippen LogP contribution is 2.11. The summed E-state index contributed by atoms with van der Waals surface area (Å²) in [7, 11) is 1.84. The van der Waals surface area contributed by atoms with Crippen molar-refractivity contribution in [3.63, 3.8) is 0 Å². The van der Waals surface area contributed by atoms with Crippen LogP contribution in [0.5, 0.6) is 0 Å². The molecule has 0 radical (unpaired) electrons. The number of aryl methyl sites for hydroxylation is 2. The molecule has 0 atom stereocenters. The third kappa shape index (κ3) is 3.94. The zero-order valence-corrected chi connectivity index (χ0v) is 14.4. The lowest BCUT2D eigenvalue weighted by Crippen LogP contribution is -2.22. The molecule has 0 aliphatic carbocycles. The minimum atomic E-state index is -0.485. The van der Waals surface area contributed by atoms with Crippen molar-refractivity contribution in [2.75, 3.05) is 0 Å². The quantitative estimate of drug-likeness (QED) is 0.536. The molecule has 3 rings (SSSR count). The van der Waals surface area contributed by atoms with Crippen molar-refractivity contribution in [1.29, 1.82) is 0 Å². The predicted molar refractivity (Wildman–Crippen MR) is 93.5 cm³/mol. The molecule has 0 fully saturated rings. The maximum absolute atomic E-state index is 12.3. The zero-order valence-electron chi connectivity index (χ0n) is 14.4. The summed E-state index contributed by atoms with van der Waals surface area (Å²) in [6, 6.07) is 7.05. The van der Waals surface area contributed by atoms with Crippen LogP contribution in [0.15, 0.2) is 42.9 Å². The van der Waals surface area contributed by atoms with Crippen molar-refractivity contribution >= 4 is 11.6 Å². The molecular formula is C17H18N6O3. The van der Waals surface area contributed by atoms with Crippen LogP contribution in [-0.4, -0.2) is 30.4 Å². The number of amides is 1. The Balaban J connectivity index is 1.60. The summed E-state index contributed by atoms with van der Waals surface area (Å²) in [4.78, 5) is 22.4. The fourth-order valence-corrected chi connectivity index (χ4v) is 2.58. The first-order valence-corrected chi connectivity index (χ1v) is 7.95. The van der Waals surface area contributed by atoms with Gasteiger partial charge in [-0.15, -0.1) is 0 Å². The van der Waals surface area contributed by atoms with Crippen LogP contribution in [0.3, 0.4) is 0 Å². The molecule has 9 nitrogen and oxygen atoms in total. The fraction of sp³-hybridized carbons (Fsp3) is 0.235. The van der Waals surface area contributed by atoms with Gasteiger partial charge in [0.25, 0.3) is 5.91 Å². The largest absolute Gasteiger partial charge is 0.348 e. The van der Waals surface area contributed by atoms with Crippen LogP contribution in [0.4, 0.5) is 5.69 Å². The van der Waals surface area contributed by atoms with Gasteiger partial charge in [0.2, 0.25) is 0 Å². The minimum absolute atomic E-state index is 0.0494. The molecule has 0 spiro atoms. The first-order chi connectivity index (χ1) is 12.4. The van der Waals surface area contributed by atoms with Crippen LogP contribution < -0.4 is 5.32 Å². The van der Waals surface area contributed by atoms with Gasteiger partial charge in [0, 0.05) is 30.9 Å². The molecule has 134 valence electrons. The summed E-state index contributed by atoms with van der Waals surface area (Å²) in [6.07, 6.45) is 4.46. The molecule has 0 aliphatic rings. The maximum Gasteiger partial charge on any atom is 0.307 e. The summed E-state index contributed by atoms with van der Waals surface area (Å²) >= 11 is 0. The highest BCUT2D eigenvalue weighted by molar-refractivity contribution is 5.94. The molecule has 2 aromatic heterocycles. The topological polar surface area (TPSA) is 108 Å². The first kappa shape index (κ1) is 17.3. The van der Waals surface area contributed by atoms with Gasteiger partial charge in [-0.25, -0.2) is 0 Å². The maximum atomic E-state index is 12.3. The molecular weight excluding hydrogens is 336 g/mol. The number of nitro groups is 1. The van der Waals surface area contributed by atoms with E-state index >= 15 is 0 Å². The number of benzene rings is 1. The summed E-state index contributed by atoms with van der Waals surface area (Å²) in [5, 5.41) is 21.7. The fourth-order valence-electron chi connectivity index (χ4n) is 2.58. The third-order valence-corrected chi connectivity index (χ3v) is 3.95. The van der Waals surface area contributed by atoms with Crippen LogP contribution in [-0.2, 0) is 20.1 Å². The normalized spacial score (nSPS) is 10.7. The average molecular weight is 354 g/mol. The van der Waals surface area contributed by atoms with Gasteiger partial charge >= 0.3 is 5.69 Å². The number of nitrogens with one attached hydrogen (secondary N) is 1. The molecule has 0 saturated carbocycles. The Hall–Kier alpha value is -3.49. The third-order valence-electron chi connectivity index (χ3n) is 3.95. The molecule has 0 aliphatic heterocycles. The Morgan fingerprint density at radius 1 is 1.27 bits per heavy atom. The average Bonchev–Trinajstić information content (AvgIpc) is 3.19. The second-order valence-corrected chi connectivity index (χ2v) is 5.95. The Morgan fingerprint density at radius 2 is 2.00 bits per heavy atom. The van der Waals surface area contributed by atoms with E-state index in [1.165, 1.54) is 17.1 Å². The lowest BCUT2D eigenvalue weighted by Gasteiger charge is -2.06. The summed E-state index contributed by atoms with van der Waals surface area (Å²) in [5.41, 5.74) is 3.24. The van der Waals surface area contributed by atoms with Crippen molar-refractivity contribution < 1.29 is 9.72 Å². The molecule has 1 amide bonds. The molecule has 0 saturated heterocycles. The van der Waals surface area contributed by atoms with Crippen molar-refractivity contribution in [2.24, 2.45) is 7.05 Å². The second kappa shape index (κ2) is 7.18. The molecule has 0 unspecified atom stereocenters. The van der Waals surface area contributed by atoms with Crippen molar-refractivity contribution in [1.82, 2.24) is 24.9 Å². The van der Waals surface area contributed by atoms with E-state index in [0.29, 0.717) is 18.7 Å². The summed E-state index contributed by atoms with van der Waals surface area (Å²) in [5.74, 6) is -0.172. The molecule has 0 bridgehead atoms. The van der Waals surface area contributed by atoms with Gasteiger partial charge in [-0.05, 0) is 24.6 Å². The van der Waals surface area contributed by atoms with Gasteiger partial charge < -0.3 is 5.32 Å². The van der Waals surface area contributed by atoms with Crippen molar-refractivity contribution in [3.05, 3.63) is 75.4 Å². The van der Waals surface area contributed by atoms with Crippen LogP contribution in [0.25, 0.3) is 0 Å². The Morgan fingerprint density at radius 3 is 2.58 bits per heavy atom. The van der Waals surface area contributed by atoms with E-state index in [-0.39, 0.29) is 11.6 Å². The van der Waals surface area contributed by atoms with E-state index in [2.05, 4.69) is 15.5 Å². The lowest BCUT2D eigenvalue weighted by molar-refractivity contribution is -0.385. The Labute approximate surface area is 149 Å². The molecule has 26 heavy (non-hydrogen) atoms. The van der Waals surface area contributed by atoms with E-state index in [1.807, 2.05) is 20.2 Å². The van der Waals surface area contributed by atoms with E-state index in [0.717, 1.165) is 16.8 Å². The number of nitrogens with zero attached hydrogens (tertiary/aromatic N) is 5. The van der Waals surface area contributed by atoms with E-state index in [9.17, 15) is 14.9 Å². The van der Waals surface area contributed by atoms with E-state index < -0.39 is 4.92 Å². The van der Waals surface area contributed by atoms with Gasteiger partial charge in [0.15, 0.2) is 0 Å². The Bertz CT molecular complexity index is 942. The number of carbonyl (C=O) groups is 1. The van der Waals surface area contributed by atoms with Crippen LogP contribution in [0.2, 0.25) is 0 Å². The van der Waals surface area contributed by atoms with Gasteiger partial charge in [-0.2, -0.15) is 10.2 Å². The smallest absolute Gasteiger partial charge is 0.307 e. The predicted octanol–water partition coefficient (Wildman–Crippen LogP) is 1.81. The standard InChI is InChI=1S/C17H18N6O3/c1-12-15(10-21(2)20-12)7-18-17(24)14-5-3-13(4-6-14)9-22-11-16(8-19-22)23(25)26/h3-6,8,10-11H,7,9H2,1-2H3,(H,18,24). The number of carbonyl (C=O) groups excluding carboxylic acids is 1. The van der Waals surface area contributed by atoms with Gasteiger partial charge in [0.1, 0.15) is 12.4 Å². The number of hydrogen-bond donors (Lipinski definition) is 1. The molecule has 3 aromatic rings. The van der Waals surface area contributed by atoms with Crippen molar-refractivity contribution in [2.45, 2.75) is 20.0 Å². The first-order valence-electron chi connectivity index (χ1n) is 7.95. The molecule has 1 aromatic carbocycles. The number of hydrogen-bond acceptors (Lipinski definition) is 5. The van der Waals surface area contributed by atoms with Gasteiger partial charge in [0.05, 0.1) is 17.2 Å². The van der Waals surface area contributed by atoms with Crippen molar-refractivity contribution in [3.8, 4) is 0 Å². The SMILES string of the molecule is Cc1nn(C)cc1CNC(=O)c1ccc(Cn2cc([N+](=O)[O-])cn2)cc1. The van der Waals surface area contributed by atoms with E-state index in [4.69, 9.17) is 0 Å². The summed E-state index contributed by atoms with van der Waals surface area (Å²) in [6.45, 7) is 2.71. The van der Waals surface area contributed by atoms with Crippen LogP contribution in [0.1, 0.15) is 27.2 Å².